The van der Waals surface area contributed by atoms with Crippen LogP contribution in [0.1, 0.15) is 53.4 Å². The van der Waals surface area contributed by atoms with Crippen LogP contribution in [0.2, 0.25) is 0 Å². The molecule has 0 spiro atoms. The Hall–Kier alpha value is -3.15. The molecule has 1 aliphatic rings. The molecule has 0 unspecified atom stereocenters. The smallest absolute Gasteiger partial charge is 0.253 e. The first-order valence-corrected chi connectivity index (χ1v) is 12.7. The summed E-state index contributed by atoms with van der Waals surface area (Å²) in [6.45, 7) is 8.82. The van der Waals surface area contributed by atoms with Crippen LogP contribution in [0.5, 0.6) is 5.75 Å². The van der Waals surface area contributed by atoms with Gasteiger partial charge in [-0.2, -0.15) is 0 Å². The Morgan fingerprint density at radius 3 is 2.06 bits per heavy atom. The second-order valence-electron chi connectivity index (χ2n) is 8.86. The number of piperazine rings is 1. The molecule has 35 heavy (non-hydrogen) atoms. The number of amides is 1. The lowest BCUT2D eigenvalue weighted by molar-refractivity contribution is 0.0597. The number of benzene rings is 3. The molecule has 184 valence electrons. The quantitative estimate of drug-likeness (QED) is 0.362. The average Bonchev–Trinajstić information content (AvgIpc) is 2.91. The van der Waals surface area contributed by atoms with Gasteiger partial charge in [-0.3, -0.25) is 9.69 Å². The van der Waals surface area contributed by atoms with Gasteiger partial charge in [-0.25, -0.2) is 0 Å². The van der Waals surface area contributed by atoms with Gasteiger partial charge < -0.3 is 14.4 Å². The lowest BCUT2D eigenvalue weighted by Crippen LogP contribution is -2.49. The van der Waals surface area contributed by atoms with Crippen LogP contribution in [-0.2, 0) is 11.3 Å². The van der Waals surface area contributed by atoms with Gasteiger partial charge in [0, 0.05) is 43.9 Å². The fourth-order valence-electron chi connectivity index (χ4n) is 4.70. The summed E-state index contributed by atoms with van der Waals surface area (Å²) in [5.41, 5.74) is 4.18. The van der Waals surface area contributed by atoms with Crippen molar-refractivity contribution < 1.29 is 14.3 Å². The summed E-state index contributed by atoms with van der Waals surface area (Å²) >= 11 is 0. The lowest BCUT2D eigenvalue weighted by atomic mass is 9.96. The Bertz CT molecular complexity index is 1020. The molecule has 0 aromatic heterocycles. The molecule has 4 rings (SSSR count). The molecule has 1 amide bonds. The van der Waals surface area contributed by atoms with Crippen molar-refractivity contribution in [3.8, 4) is 5.75 Å². The molecule has 3 aromatic carbocycles. The van der Waals surface area contributed by atoms with E-state index in [-0.39, 0.29) is 11.9 Å². The van der Waals surface area contributed by atoms with Crippen molar-refractivity contribution in [3.63, 3.8) is 0 Å². The maximum atomic E-state index is 13.4. The van der Waals surface area contributed by atoms with Crippen molar-refractivity contribution in [2.24, 2.45) is 0 Å². The van der Waals surface area contributed by atoms with Gasteiger partial charge in [-0.1, -0.05) is 67.6 Å². The fourth-order valence-corrected chi connectivity index (χ4v) is 4.70. The Morgan fingerprint density at radius 2 is 1.49 bits per heavy atom. The van der Waals surface area contributed by atoms with Gasteiger partial charge in [0.05, 0.1) is 19.3 Å². The number of hydrogen-bond donors (Lipinski definition) is 0. The topological polar surface area (TPSA) is 42.0 Å². The predicted molar refractivity (Wildman–Crippen MR) is 140 cm³/mol. The molecule has 0 radical (unpaired) electrons. The van der Waals surface area contributed by atoms with Crippen LogP contribution in [0.15, 0.2) is 78.9 Å². The van der Waals surface area contributed by atoms with E-state index in [1.165, 1.54) is 11.1 Å². The summed E-state index contributed by atoms with van der Waals surface area (Å²) in [5.74, 6) is 0.860. The first-order valence-electron chi connectivity index (χ1n) is 12.7. The molecule has 3 aromatic rings. The molecule has 0 atom stereocenters. The van der Waals surface area contributed by atoms with E-state index in [2.05, 4.69) is 72.5 Å². The van der Waals surface area contributed by atoms with Crippen molar-refractivity contribution in [3.05, 3.63) is 101 Å². The van der Waals surface area contributed by atoms with Gasteiger partial charge in [-0.15, -0.1) is 0 Å². The molecule has 0 bridgehead atoms. The summed E-state index contributed by atoms with van der Waals surface area (Å²) in [6, 6.07) is 27.2. The highest BCUT2D eigenvalue weighted by molar-refractivity contribution is 5.94. The summed E-state index contributed by atoms with van der Waals surface area (Å²) in [7, 11) is 0. The highest BCUT2D eigenvalue weighted by Gasteiger charge is 2.28. The van der Waals surface area contributed by atoms with E-state index >= 15 is 0 Å². The highest BCUT2D eigenvalue weighted by atomic mass is 16.5. The molecule has 1 fully saturated rings. The molecule has 0 N–H and O–H groups in total. The second kappa shape index (κ2) is 12.5. The third kappa shape index (κ3) is 6.30. The standard InChI is InChI=1S/C30H36N2O3/c1-3-21-34-23-27-22-26(15-16-28(27)35-4-2)30(33)32-19-17-31(18-20-32)29(24-11-7-5-8-12-24)25-13-9-6-10-14-25/h5-16,22,29H,3-4,17-21,23H2,1-2H3. The van der Waals surface area contributed by atoms with Crippen LogP contribution in [0, 0.1) is 0 Å². The van der Waals surface area contributed by atoms with E-state index in [9.17, 15) is 4.79 Å². The van der Waals surface area contributed by atoms with Crippen LogP contribution in [0.3, 0.4) is 0 Å². The lowest BCUT2D eigenvalue weighted by Gasteiger charge is -2.40. The van der Waals surface area contributed by atoms with Gasteiger partial charge in [0.25, 0.3) is 5.91 Å². The normalized spacial score (nSPS) is 14.3. The van der Waals surface area contributed by atoms with E-state index in [1.54, 1.807) is 0 Å². The average molecular weight is 473 g/mol. The van der Waals surface area contributed by atoms with Gasteiger partial charge >= 0.3 is 0 Å². The minimum atomic E-state index is 0.0698. The molecule has 0 aliphatic carbocycles. The van der Waals surface area contributed by atoms with Gasteiger partial charge in [0.15, 0.2) is 0 Å². The highest BCUT2D eigenvalue weighted by Crippen LogP contribution is 2.30. The number of rotatable bonds is 10. The van der Waals surface area contributed by atoms with Crippen molar-refractivity contribution >= 4 is 5.91 Å². The van der Waals surface area contributed by atoms with Crippen LogP contribution in [-0.4, -0.2) is 55.1 Å². The first-order chi connectivity index (χ1) is 17.2. The van der Waals surface area contributed by atoms with Gasteiger partial charge in [0.2, 0.25) is 0 Å². The number of carbonyl (C=O) groups is 1. The molecule has 1 aliphatic heterocycles. The summed E-state index contributed by atoms with van der Waals surface area (Å²) in [6.07, 6.45) is 0.958. The maximum Gasteiger partial charge on any atom is 0.253 e. The zero-order valence-corrected chi connectivity index (χ0v) is 20.9. The summed E-state index contributed by atoms with van der Waals surface area (Å²) in [4.78, 5) is 17.8. The van der Waals surface area contributed by atoms with Crippen molar-refractivity contribution in [1.82, 2.24) is 9.80 Å². The molecule has 1 saturated heterocycles. The summed E-state index contributed by atoms with van der Waals surface area (Å²) < 4.78 is 11.5. The van der Waals surface area contributed by atoms with Crippen LogP contribution >= 0.6 is 0 Å². The van der Waals surface area contributed by atoms with Crippen LogP contribution in [0.25, 0.3) is 0 Å². The van der Waals surface area contributed by atoms with Crippen LogP contribution in [0.4, 0.5) is 0 Å². The van der Waals surface area contributed by atoms with Gasteiger partial charge in [0.1, 0.15) is 5.75 Å². The van der Waals surface area contributed by atoms with Gasteiger partial charge in [-0.05, 0) is 42.7 Å². The van der Waals surface area contributed by atoms with Crippen molar-refractivity contribution in [1.29, 1.82) is 0 Å². The molecular weight excluding hydrogens is 436 g/mol. The predicted octanol–water partition coefficient (Wildman–Crippen LogP) is 5.56. The Labute approximate surface area is 209 Å². The monoisotopic (exact) mass is 472 g/mol. The van der Waals surface area contributed by atoms with Crippen LogP contribution < -0.4 is 4.74 Å². The molecule has 1 heterocycles. The molecule has 5 nitrogen and oxygen atoms in total. The number of hydrogen-bond acceptors (Lipinski definition) is 4. The van der Waals surface area contributed by atoms with E-state index in [0.29, 0.717) is 38.5 Å². The maximum absolute atomic E-state index is 13.4. The largest absolute Gasteiger partial charge is 0.494 e. The SMILES string of the molecule is CCCOCc1cc(C(=O)N2CCN(C(c3ccccc3)c3ccccc3)CC2)ccc1OCC. The third-order valence-electron chi connectivity index (χ3n) is 6.41. The third-order valence-corrected chi connectivity index (χ3v) is 6.41. The fraction of sp³-hybridized carbons (Fsp3) is 0.367. The Balaban J connectivity index is 1.46. The number of carbonyl (C=O) groups excluding carboxylic acids is 1. The van der Waals surface area contributed by atoms with E-state index < -0.39 is 0 Å². The first kappa shape index (κ1) is 25.0. The molecule has 0 saturated carbocycles. The number of ether oxygens (including phenoxy) is 2. The summed E-state index contributed by atoms with van der Waals surface area (Å²) in [5, 5.41) is 0. The Morgan fingerprint density at radius 1 is 0.857 bits per heavy atom. The molecular formula is C30H36N2O3. The zero-order chi connectivity index (χ0) is 24.5. The minimum Gasteiger partial charge on any atom is -0.494 e. The minimum absolute atomic E-state index is 0.0698. The number of nitrogens with zero attached hydrogens (tertiary/aromatic N) is 2. The van der Waals surface area contributed by atoms with E-state index in [1.807, 2.05) is 30.0 Å². The zero-order valence-electron chi connectivity index (χ0n) is 20.9. The van der Waals surface area contributed by atoms with E-state index in [0.717, 1.165) is 30.8 Å². The van der Waals surface area contributed by atoms with Crippen molar-refractivity contribution in [2.45, 2.75) is 32.9 Å². The second-order valence-corrected chi connectivity index (χ2v) is 8.86. The molecule has 5 heteroatoms. The van der Waals surface area contributed by atoms with Crippen molar-refractivity contribution in [2.75, 3.05) is 39.4 Å². The van der Waals surface area contributed by atoms with E-state index in [4.69, 9.17) is 9.47 Å². The Kier molecular flexibility index (Phi) is 8.93.